The Labute approximate surface area is 71.6 Å². The highest BCUT2D eigenvalue weighted by Gasteiger charge is 2.01. The first-order valence-electron chi connectivity index (χ1n) is 3.79. The van der Waals surface area contributed by atoms with E-state index in [1.165, 1.54) is 12.2 Å². The molecule has 1 aromatic rings. The van der Waals surface area contributed by atoms with Gasteiger partial charge in [0, 0.05) is 17.5 Å². The molecule has 64 valence electrons. The van der Waals surface area contributed by atoms with Crippen molar-refractivity contribution in [3.63, 3.8) is 0 Å². The van der Waals surface area contributed by atoms with E-state index in [2.05, 4.69) is 11.6 Å². The zero-order valence-electron chi connectivity index (χ0n) is 7.32. The first-order chi connectivity index (χ1) is 5.65. The summed E-state index contributed by atoms with van der Waals surface area (Å²) in [5.41, 5.74) is 2.93. The van der Waals surface area contributed by atoms with Crippen molar-refractivity contribution in [1.82, 2.24) is 4.98 Å². The lowest BCUT2D eigenvalue weighted by atomic mass is 10.1. The summed E-state index contributed by atoms with van der Waals surface area (Å²) in [6.07, 6.45) is 4.54. The van der Waals surface area contributed by atoms with Crippen LogP contribution in [0.4, 0.5) is 4.39 Å². The summed E-state index contributed by atoms with van der Waals surface area (Å²) in [6, 6.07) is 0. The number of nitrogens with one attached hydrogen (secondary N) is 1. The molecule has 0 aromatic carbocycles. The van der Waals surface area contributed by atoms with Crippen molar-refractivity contribution in [3.8, 4) is 0 Å². The SMILES string of the molecule is C=C/C(F)=C\c1c(C)c[nH]c1C. The summed E-state index contributed by atoms with van der Waals surface area (Å²) < 4.78 is 12.8. The Bertz CT molecular complexity index is 301. The molecule has 0 unspecified atom stereocenters. The van der Waals surface area contributed by atoms with Gasteiger partial charge in [0.15, 0.2) is 0 Å². The number of aromatic nitrogens is 1. The molecular formula is C10H12FN. The van der Waals surface area contributed by atoms with Crippen LogP contribution >= 0.6 is 0 Å². The molecule has 0 amide bonds. The van der Waals surface area contributed by atoms with Gasteiger partial charge >= 0.3 is 0 Å². The standard InChI is InChI=1S/C10H12FN/c1-4-9(11)5-10-7(2)6-12-8(10)3/h4-6,12H,1H2,2-3H3/b9-5+. The van der Waals surface area contributed by atoms with Gasteiger partial charge in [-0.2, -0.15) is 0 Å². The minimum atomic E-state index is -0.305. The molecule has 1 aromatic heterocycles. The Kier molecular flexibility index (Phi) is 2.48. The van der Waals surface area contributed by atoms with Gasteiger partial charge in [-0.1, -0.05) is 6.58 Å². The zero-order valence-corrected chi connectivity index (χ0v) is 7.32. The fraction of sp³-hybridized carbons (Fsp3) is 0.200. The van der Waals surface area contributed by atoms with E-state index in [4.69, 9.17) is 0 Å². The molecular weight excluding hydrogens is 153 g/mol. The number of halogens is 1. The average Bonchev–Trinajstić information content (AvgIpc) is 2.35. The molecule has 1 nitrogen and oxygen atoms in total. The molecule has 1 N–H and O–H groups in total. The molecule has 1 heterocycles. The van der Waals surface area contributed by atoms with E-state index < -0.39 is 0 Å². The van der Waals surface area contributed by atoms with Crippen molar-refractivity contribution in [2.75, 3.05) is 0 Å². The lowest BCUT2D eigenvalue weighted by Crippen LogP contribution is -1.77. The number of rotatable bonds is 2. The summed E-state index contributed by atoms with van der Waals surface area (Å²) in [5, 5.41) is 0. The second kappa shape index (κ2) is 3.39. The molecule has 0 aliphatic carbocycles. The molecule has 0 saturated heterocycles. The van der Waals surface area contributed by atoms with Gasteiger partial charge in [0.1, 0.15) is 5.83 Å². The molecule has 0 fully saturated rings. The van der Waals surface area contributed by atoms with Crippen LogP contribution in [0, 0.1) is 13.8 Å². The minimum absolute atomic E-state index is 0.305. The van der Waals surface area contributed by atoms with Crippen LogP contribution in [-0.4, -0.2) is 4.98 Å². The second-order valence-corrected chi connectivity index (χ2v) is 2.74. The number of allylic oxidation sites excluding steroid dienone is 2. The first kappa shape index (κ1) is 8.78. The predicted molar refractivity (Wildman–Crippen MR) is 49.5 cm³/mol. The minimum Gasteiger partial charge on any atom is -0.364 e. The van der Waals surface area contributed by atoms with Crippen LogP contribution in [0.25, 0.3) is 6.08 Å². The van der Waals surface area contributed by atoms with Crippen LogP contribution in [0.2, 0.25) is 0 Å². The van der Waals surface area contributed by atoms with E-state index in [1.807, 2.05) is 20.0 Å². The van der Waals surface area contributed by atoms with Gasteiger partial charge in [0.25, 0.3) is 0 Å². The summed E-state index contributed by atoms with van der Waals surface area (Å²) in [6.45, 7) is 7.20. The fourth-order valence-corrected chi connectivity index (χ4v) is 1.09. The van der Waals surface area contributed by atoms with Gasteiger partial charge in [-0.15, -0.1) is 0 Å². The number of hydrogen-bond donors (Lipinski definition) is 1. The van der Waals surface area contributed by atoms with Gasteiger partial charge in [-0.3, -0.25) is 0 Å². The lowest BCUT2D eigenvalue weighted by Gasteiger charge is -1.93. The van der Waals surface area contributed by atoms with Crippen molar-refractivity contribution in [2.45, 2.75) is 13.8 Å². The Morgan fingerprint density at radius 3 is 2.67 bits per heavy atom. The van der Waals surface area contributed by atoms with E-state index in [9.17, 15) is 4.39 Å². The molecule has 12 heavy (non-hydrogen) atoms. The van der Waals surface area contributed by atoms with Crippen LogP contribution in [0.3, 0.4) is 0 Å². The van der Waals surface area contributed by atoms with Crippen LogP contribution in [0.1, 0.15) is 16.8 Å². The Balaban J connectivity index is 3.10. The summed E-state index contributed by atoms with van der Waals surface area (Å²) >= 11 is 0. The molecule has 0 bridgehead atoms. The van der Waals surface area contributed by atoms with E-state index in [1.54, 1.807) is 0 Å². The Morgan fingerprint density at radius 1 is 1.58 bits per heavy atom. The monoisotopic (exact) mass is 165 g/mol. The predicted octanol–water partition coefficient (Wildman–Crippen LogP) is 3.13. The van der Waals surface area contributed by atoms with Gasteiger partial charge in [-0.25, -0.2) is 4.39 Å². The molecule has 2 heteroatoms. The summed E-state index contributed by atoms with van der Waals surface area (Å²) in [7, 11) is 0. The highest BCUT2D eigenvalue weighted by atomic mass is 19.1. The normalized spacial score (nSPS) is 11.8. The zero-order chi connectivity index (χ0) is 9.14. The molecule has 0 saturated carbocycles. The number of hydrogen-bond acceptors (Lipinski definition) is 0. The van der Waals surface area contributed by atoms with Crippen molar-refractivity contribution < 1.29 is 4.39 Å². The third-order valence-corrected chi connectivity index (χ3v) is 1.81. The first-order valence-corrected chi connectivity index (χ1v) is 3.79. The van der Waals surface area contributed by atoms with Gasteiger partial charge in [0.05, 0.1) is 0 Å². The van der Waals surface area contributed by atoms with Crippen molar-refractivity contribution in [3.05, 3.63) is 41.5 Å². The maximum absolute atomic E-state index is 12.8. The van der Waals surface area contributed by atoms with Crippen molar-refractivity contribution in [2.24, 2.45) is 0 Å². The molecule has 0 radical (unpaired) electrons. The maximum Gasteiger partial charge on any atom is 0.123 e. The number of aromatic amines is 1. The number of H-pyrrole nitrogens is 1. The Hall–Kier alpha value is -1.31. The smallest absolute Gasteiger partial charge is 0.123 e. The third-order valence-electron chi connectivity index (χ3n) is 1.81. The fourth-order valence-electron chi connectivity index (χ4n) is 1.09. The van der Waals surface area contributed by atoms with Crippen LogP contribution in [0.15, 0.2) is 24.7 Å². The Morgan fingerprint density at radius 2 is 2.25 bits per heavy atom. The van der Waals surface area contributed by atoms with Gasteiger partial charge < -0.3 is 4.98 Å². The highest BCUT2D eigenvalue weighted by molar-refractivity contribution is 5.59. The maximum atomic E-state index is 12.8. The molecule has 0 aliphatic rings. The van der Waals surface area contributed by atoms with Gasteiger partial charge in [-0.05, 0) is 31.6 Å². The van der Waals surface area contributed by atoms with Crippen molar-refractivity contribution >= 4 is 6.08 Å². The molecule has 0 atom stereocenters. The summed E-state index contributed by atoms with van der Waals surface area (Å²) in [5.74, 6) is -0.305. The largest absolute Gasteiger partial charge is 0.364 e. The van der Waals surface area contributed by atoms with E-state index in [0.717, 1.165) is 16.8 Å². The average molecular weight is 165 g/mol. The van der Waals surface area contributed by atoms with Crippen molar-refractivity contribution in [1.29, 1.82) is 0 Å². The molecule has 0 aliphatic heterocycles. The second-order valence-electron chi connectivity index (χ2n) is 2.74. The van der Waals surface area contributed by atoms with E-state index in [0.29, 0.717) is 0 Å². The quantitative estimate of drug-likeness (QED) is 0.648. The van der Waals surface area contributed by atoms with Crippen LogP contribution in [-0.2, 0) is 0 Å². The molecule has 1 rings (SSSR count). The van der Waals surface area contributed by atoms with E-state index >= 15 is 0 Å². The topological polar surface area (TPSA) is 15.8 Å². The van der Waals surface area contributed by atoms with Crippen LogP contribution in [0.5, 0.6) is 0 Å². The van der Waals surface area contributed by atoms with Gasteiger partial charge in [0.2, 0.25) is 0 Å². The highest BCUT2D eigenvalue weighted by Crippen LogP contribution is 2.16. The van der Waals surface area contributed by atoms with Crippen LogP contribution < -0.4 is 0 Å². The summed E-state index contributed by atoms with van der Waals surface area (Å²) in [4.78, 5) is 3.02. The lowest BCUT2D eigenvalue weighted by molar-refractivity contribution is 0.675. The van der Waals surface area contributed by atoms with E-state index in [-0.39, 0.29) is 5.83 Å². The third kappa shape index (κ3) is 1.64. The number of aryl methyl sites for hydroxylation is 2. The molecule has 0 spiro atoms.